The van der Waals surface area contributed by atoms with Crippen molar-refractivity contribution in [1.82, 2.24) is 0 Å². The van der Waals surface area contributed by atoms with E-state index in [2.05, 4.69) is 4.40 Å². The summed E-state index contributed by atoms with van der Waals surface area (Å²) in [7, 11) is -1.40. The Balaban J connectivity index is 2.46. The van der Waals surface area contributed by atoms with E-state index in [4.69, 9.17) is 4.74 Å². The third-order valence-electron chi connectivity index (χ3n) is 2.80. The van der Waals surface area contributed by atoms with E-state index in [1.165, 1.54) is 12.1 Å². The number of benzene rings is 1. The summed E-state index contributed by atoms with van der Waals surface area (Å²) in [6.45, 7) is 5.94. The first-order chi connectivity index (χ1) is 9.29. The molecule has 1 atom stereocenters. The third-order valence-corrected chi connectivity index (χ3v) is 4.23. The predicted molar refractivity (Wildman–Crippen MR) is 77.6 cm³/mol. The van der Waals surface area contributed by atoms with E-state index in [0.29, 0.717) is 30.1 Å². The van der Waals surface area contributed by atoms with Crippen LogP contribution in [0.25, 0.3) is 0 Å². The lowest BCUT2D eigenvalue weighted by atomic mass is 10.0. The van der Waals surface area contributed by atoms with Crippen molar-refractivity contribution in [2.75, 3.05) is 6.61 Å². The first kappa shape index (κ1) is 14.6. The molecule has 0 aliphatic carbocycles. The highest BCUT2D eigenvalue weighted by atomic mass is 32.2. The Hall–Kier alpha value is -1.76. The Kier molecular flexibility index (Phi) is 3.89. The highest BCUT2D eigenvalue weighted by Gasteiger charge is 2.24. The van der Waals surface area contributed by atoms with Crippen molar-refractivity contribution < 1.29 is 13.9 Å². The molecule has 0 bridgehead atoms. The van der Waals surface area contributed by atoms with Gasteiger partial charge in [-0.05, 0) is 26.8 Å². The van der Waals surface area contributed by atoms with Gasteiger partial charge in [0.05, 0.1) is 22.0 Å². The zero-order valence-corrected chi connectivity index (χ0v) is 12.4. The molecule has 20 heavy (non-hydrogen) atoms. The second-order valence-electron chi connectivity index (χ2n) is 5.44. The summed E-state index contributed by atoms with van der Waals surface area (Å²) < 4.78 is 21.3. The Morgan fingerprint density at radius 1 is 1.40 bits per heavy atom. The van der Waals surface area contributed by atoms with Gasteiger partial charge in [-0.15, -0.1) is 0 Å². The molecular weight excluding hydrogens is 280 g/mol. The van der Waals surface area contributed by atoms with E-state index in [0.717, 1.165) is 0 Å². The maximum absolute atomic E-state index is 12.1. The molecule has 1 aliphatic rings. The van der Waals surface area contributed by atoms with Crippen molar-refractivity contribution >= 4 is 22.4 Å². The van der Waals surface area contributed by atoms with E-state index in [1.54, 1.807) is 6.07 Å². The zero-order valence-electron chi connectivity index (χ0n) is 11.6. The molecule has 7 heteroatoms. The number of rotatable bonds is 2. The average molecular weight is 296 g/mol. The van der Waals surface area contributed by atoms with E-state index in [9.17, 15) is 14.3 Å². The van der Waals surface area contributed by atoms with Crippen LogP contribution in [0.15, 0.2) is 22.6 Å². The van der Waals surface area contributed by atoms with Gasteiger partial charge in [0.2, 0.25) is 0 Å². The van der Waals surface area contributed by atoms with E-state index in [1.807, 2.05) is 20.8 Å². The molecule has 1 heterocycles. The molecule has 108 valence electrons. The topological polar surface area (TPSA) is 81.8 Å². The average Bonchev–Trinajstić information content (AvgIpc) is 2.37. The molecular formula is C13H16N2O4S. The van der Waals surface area contributed by atoms with Crippen LogP contribution in [-0.2, 0) is 11.0 Å². The number of non-ortho nitro benzene ring substituents is 1. The lowest BCUT2D eigenvalue weighted by molar-refractivity contribution is -0.384. The molecule has 1 aliphatic heterocycles. The number of ether oxygens (including phenoxy) is 1. The SMILES string of the molecule is CC(C)(C)[S@@](=O)N=C1CCOc2ccc([N+](=O)[O-])cc21. The number of hydrogen-bond acceptors (Lipinski definition) is 4. The minimum atomic E-state index is -1.40. The first-order valence-corrected chi connectivity index (χ1v) is 7.31. The molecule has 0 unspecified atom stereocenters. The summed E-state index contributed by atoms with van der Waals surface area (Å²) in [5.74, 6) is 0.548. The fourth-order valence-corrected chi connectivity index (χ4v) is 2.37. The lowest BCUT2D eigenvalue weighted by Crippen LogP contribution is -2.23. The Morgan fingerprint density at radius 2 is 2.10 bits per heavy atom. The number of hydrogen-bond donors (Lipinski definition) is 0. The standard InChI is InChI=1S/C13H16N2O4S/c1-13(2,3)20(18)14-11-6-7-19-12-5-4-9(15(16)17)8-10(11)12/h4-5,8H,6-7H2,1-3H3/t20-/m1/s1. The summed E-state index contributed by atoms with van der Waals surface area (Å²) in [6.07, 6.45) is 0.496. The van der Waals surface area contributed by atoms with Crippen molar-refractivity contribution in [3.05, 3.63) is 33.9 Å². The van der Waals surface area contributed by atoms with Gasteiger partial charge < -0.3 is 4.74 Å². The Bertz CT molecular complexity index is 605. The summed E-state index contributed by atoms with van der Waals surface area (Å²) in [5.41, 5.74) is 1.13. The van der Waals surface area contributed by atoms with Crippen LogP contribution in [0.1, 0.15) is 32.8 Å². The molecule has 0 saturated heterocycles. The van der Waals surface area contributed by atoms with Gasteiger partial charge in [0, 0.05) is 24.1 Å². The molecule has 0 saturated carbocycles. The molecule has 0 aromatic heterocycles. The van der Waals surface area contributed by atoms with E-state index < -0.39 is 20.7 Å². The molecule has 2 rings (SSSR count). The van der Waals surface area contributed by atoms with Crippen LogP contribution in [0.3, 0.4) is 0 Å². The maximum atomic E-state index is 12.1. The highest BCUT2D eigenvalue weighted by Crippen LogP contribution is 2.29. The zero-order chi connectivity index (χ0) is 14.9. The quantitative estimate of drug-likeness (QED) is 0.620. The molecule has 0 amide bonds. The van der Waals surface area contributed by atoms with Gasteiger partial charge in [0.25, 0.3) is 5.69 Å². The van der Waals surface area contributed by atoms with Crippen molar-refractivity contribution in [2.24, 2.45) is 4.40 Å². The molecule has 6 nitrogen and oxygen atoms in total. The van der Waals surface area contributed by atoms with Gasteiger partial charge in [0.1, 0.15) is 16.7 Å². The van der Waals surface area contributed by atoms with Crippen LogP contribution in [0.5, 0.6) is 5.75 Å². The molecule has 0 fully saturated rings. The van der Waals surface area contributed by atoms with Gasteiger partial charge in [0.15, 0.2) is 0 Å². The van der Waals surface area contributed by atoms with E-state index in [-0.39, 0.29) is 5.69 Å². The minimum absolute atomic E-state index is 0.0245. The van der Waals surface area contributed by atoms with E-state index >= 15 is 0 Å². The van der Waals surface area contributed by atoms with Crippen LogP contribution < -0.4 is 4.74 Å². The predicted octanol–water partition coefficient (Wildman–Crippen LogP) is 2.63. The van der Waals surface area contributed by atoms with Crippen LogP contribution in [0.2, 0.25) is 0 Å². The Morgan fingerprint density at radius 3 is 2.70 bits per heavy atom. The van der Waals surface area contributed by atoms with Gasteiger partial charge in [-0.3, -0.25) is 10.1 Å². The summed E-state index contributed by atoms with van der Waals surface area (Å²) >= 11 is 0. The highest BCUT2D eigenvalue weighted by molar-refractivity contribution is 7.85. The molecule has 0 spiro atoms. The molecule has 0 radical (unpaired) electrons. The molecule has 1 aromatic carbocycles. The summed E-state index contributed by atoms with van der Waals surface area (Å²) in [6, 6.07) is 4.37. The van der Waals surface area contributed by atoms with Crippen molar-refractivity contribution in [2.45, 2.75) is 31.9 Å². The van der Waals surface area contributed by atoms with Crippen LogP contribution in [0.4, 0.5) is 5.69 Å². The van der Waals surface area contributed by atoms with Crippen molar-refractivity contribution in [1.29, 1.82) is 0 Å². The Labute approximate surface area is 119 Å². The minimum Gasteiger partial charge on any atom is -0.492 e. The normalized spacial score (nSPS) is 18.2. The second kappa shape index (κ2) is 5.32. The summed E-state index contributed by atoms with van der Waals surface area (Å²) in [5, 5.41) is 10.8. The number of nitro benzene ring substituents is 1. The smallest absolute Gasteiger partial charge is 0.270 e. The lowest BCUT2D eigenvalue weighted by Gasteiger charge is -2.20. The summed E-state index contributed by atoms with van der Waals surface area (Å²) in [4.78, 5) is 10.4. The second-order valence-corrected chi connectivity index (χ2v) is 7.34. The maximum Gasteiger partial charge on any atom is 0.270 e. The van der Waals surface area contributed by atoms with Crippen molar-refractivity contribution in [3.63, 3.8) is 0 Å². The number of fused-ring (bicyclic) bond motifs is 1. The monoisotopic (exact) mass is 296 g/mol. The van der Waals surface area contributed by atoms with Gasteiger partial charge >= 0.3 is 0 Å². The fourth-order valence-electron chi connectivity index (χ4n) is 1.71. The largest absolute Gasteiger partial charge is 0.492 e. The van der Waals surface area contributed by atoms with Gasteiger partial charge in [-0.1, -0.05) is 0 Å². The first-order valence-electron chi connectivity index (χ1n) is 6.20. The number of nitro groups is 1. The molecule has 0 N–H and O–H groups in total. The fraction of sp³-hybridized carbons (Fsp3) is 0.462. The van der Waals surface area contributed by atoms with Crippen LogP contribution in [0, 0.1) is 10.1 Å². The number of nitrogens with zero attached hydrogens (tertiary/aromatic N) is 2. The van der Waals surface area contributed by atoms with Gasteiger partial charge in [-0.2, -0.15) is 4.40 Å². The molecule has 1 aromatic rings. The van der Waals surface area contributed by atoms with Crippen LogP contribution in [-0.4, -0.2) is 26.2 Å². The van der Waals surface area contributed by atoms with Gasteiger partial charge in [-0.25, -0.2) is 4.21 Å². The van der Waals surface area contributed by atoms with Crippen LogP contribution >= 0.6 is 0 Å². The third kappa shape index (κ3) is 3.04. The van der Waals surface area contributed by atoms with Crippen molar-refractivity contribution in [3.8, 4) is 5.75 Å².